The third kappa shape index (κ3) is 3.38. The van der Waals surface area contributed by atoms with Crippen LogP contribution < -0.4 is 14.8 Å². The second kappa shape index (κ2) is 6.87. The van der Waals surface area contributed by atoms with Gasteiger partial charge in [-0.1, -0.05) is 0 Å². The minimum absolute atomic E-state index is 0.209. The van der Waals surface area contributed by atoms with Gasteiger partial charge in [-0.05, 0) is 48.5 Å². The van der Waals surface area contributed by atoms with Crippen LogP contribution in [0.2, 0.25) is 0 Å². The van der Waals surface area contributed by atoms with Gasteiger partial charge in [-0.25, -0.2) is 9.97 Å². The van der Waals surface area contributed by atoms with E-state index in [0.29, 0.717) is 17.4 Å². The number of phenols is 1. The summed E-state index contributed by atoms with van der Waals surface area (Å²) in [6, 6.07) is 14.1. The van der Waals surface area contributed by atoms with Crippen LogP contribution in [0, 0.1) is 0 Å². The van der Waals surface area contributed by atoms with Gasteiger partial charge in [0.1, 0.15) is 5.75 Å². The fourth-order valence-electron chi connectivity index (χ4n) is 2.25. The van der Waals surface area contributed by atoms with Gasteiger partial charge < -0.3 is 19.9 Å². The molecule has 6 heteroatoms. The molecule has 0 unspecified atom stereocenters. The van der Waals surface area contributed by atoms with Gasteiger partial charge in [0.05, 0.1) is 19.9 Å². The molecule has 0 aliphatic heterocycles. The highest BCUT2D eigenvalue weighted by atomic mass is 16.5. The van der Waals surface area contributed by atoms with Crippen molar-refractivity contribution in [3.05, 3.63) is 54.7 Å². The molecule has 1 aromatic heterocycles. The SMILES string of the molecule is COc1ccc(-c2ccnc(Nc3ccc(O)cc3)n2)cc1OC. The second-order valence-corrected chi connectivity index (χ2v) is 5.01. The van der Waals surface area contributed by atoms with E-state index in [0.717, 1.165) is 16.9 Å². The highest BCUT2D eigenvalue weighted by molar-refractivity contribution is 5.65. The number of hydrogen-bond acceptors (Lipinski definition) is 6. The molecule has 0 atom stereocenters. The lowest BCUT2D eigenvalue weighted by Crippen LogP contribution is -1.98. The maximum atomic E-state index is 9.33. The smallest absolute Gasteiger partial charge is 0.227 e. The number of rotatable bonds is 5. The monoisotopic (exact) mass is 323 g/mol. The van der Waals surface area contributed by atoms with Gasteiger partial charge in [0.25, 0.3) is 0 Å². The summed E-state index contributed by atoms with van der Waals surface area (Å²) in [5.41, 5.74) is 2.44. The molecule has 122 valence electrons. The van der Waals surface area contributed by atoms with E-state index in [1.54, 1.807) is 44.7 Å². The summed E-state index contributed by atoms with van der Waals surface area (Å²) in [5, 5.41) is 12.4. The van der Waals surface area contributed by atoms with Crippen molar-refractivity contribution in [3.8, 4) is 28.5 Å². The molecule has 0 amide bonds. The van der Waals surface area contributed by atoms with Gasteiger partial charge in [0.15, 0.2) is 11.5 Å². The molecule has 0 aliphatic carbocycles. The number of aromatic nitrogens is 2. The highest BCUT2D eigenvalue weighted by Gasteiger charge is 2.08. The van der Waals surface area contributed by atoms with Gasteiger partial charge in [0, 0.05) is 17.4 Å². The first-order valence-electron chi connectivity index (χ1n) is 7.31. The molecule has 2 N–H and O–H groups in total. The number of ether oxygens (including phenoxy) is 2. The van der Waals surface area contributed by atoms with E-state index in [1.165, 1.54) is 0 Å². The number of anilines is 2. The predicted molar refractivity (Wildman–Crippen MR) is 92.0 cm³/mol. The van der Waals surface area contributed by atoms with Crippen molar-refractivity contribution in [1.82, 2.24) is 9.97 Å². The summed E-state index contributed by atoms with van der Waals surface area (Å²) in [7, 11) is 3.20. The average molecular weight is 323 g/mol. The largest absolute Gasteiger partial charge is 0.508 e. The van der Waals surface area contributed by atoms with Crippen LogP contribution in [-0.2, 0) is 0 Å². The molecule has 0 bridgehead atoms. The summed E-state index contributed by atoms with van der Waals surface area (Å²) >= 11 is 0. The van der Waals surface area contributed by atoms with E-state index in [1.807, 2.05) is 24.3 Å². The van der Waals surface area contributed by atoms with Crippen molar-refractivity contribution in [2.24, 2.45) is 0 Å². The van der Waals surface area contributed by atoms with E-state index < -0.39 is 0 Å². The quantitative estimate of drug-likeness (QED) is 0.699. The van der Waals surface area contributed by atoms with Crippen LogP contribution in [0.4, 0.5) is 11.6 Å². The fourth-order valence-corrected chi connectivity index (χ4v) is 2.25. The molecule has 24 heavy (non-hydrogen) atoms. The van der Waals surface area contributed by atoms with E-state index >= 15 is 0 Å². The van der Waals surface area contributed by atoms with Crippen molar-refractivity contribution < 1.29 is 14.6 Å². The lowest BCUT2D eigenvalue weighted by atomic mass is 10.1. The number of benzene rings is 2. The average Bonchev–Trinajstić information content (AvgIpc) is 2.63. The minimum Gasteiger partial charge on any atom is -0.508 e. The van der Waals surface area contributed by atoms with Crippen molar-refractivity contribution in [2.75, 3.05) is 19.5 Å². The molecule has 3 aromatic rings. The predicted octanol–water partition coefficient (Wildman–Crippen LogP) is 3.61. The van der Waals surface area contributed by atoms with Gasteiger partial charge in [-0.15, -0.1) is 0 Å². The number of hydrogen-bond donors (Lipinski definition) is 2. The number of aromatic hydroxyl groups is 1. The van der Waals surface area contributed by atoms with Crippen molar-refractivity contribution >= 4 is 11.6 Å². The maximum absolute atomic E-state index is 9.33. The summed E-state index contributed by atoms with van der Waals surface area (Å²) in [6.45, 7) is 0. The lowest BCUT2D eigenvalue weighted by Gasteiger charge is -2.10. The molecule has 6 nitrogen and oxygen atoms in total. The Kier molecular flexibility index (Phi) is 4.47. The van der Waals surface area contributed by atoms with Crippen molar-refractivity contribution in [1.29, 1.82) is 0 Å². The Morgan fingerprint density at radius 2 is 1.67 bits per heavy atom. The Hall–Kier alpha value is -3.28. The summed E-state index contributed by atoms with van der Waals surface area (Å²) in [5.74, 6) is 1.98. The Balaban J connectivity index is 1.88. The first-order chi connectivity index (χ1) is 11.7. The van der Waals surface area contributed by atoms with Crippen LogP contribution in [0.5, 0.6) is 17.2 Å². The maximum Gasteiger partial charge on any atom is 0.227 e. The van der Waals surface area contributed by atoms with Crippen LogP contribution in [0.15, 0.2) is 54.7 Å². The third-order valence-electron chi connectivity index (χ3n) is 3.46. The van der Waals surface area contributed by atoms with Crippen LogP contribution in [-0.4, -0.2) is 29.3 Å². The van der Waals surface area contributed by atoms with Gasteiger partial charge in [0.2, 0.25) is 5.95 Å². The zero-order chi connectivity index (χ0) is 16.9. The summed E-state index contributed by atoms with van der Waals surface area (Å²) < 4.78 is 10.6. The van der Waals surface area contributed by atoms with Crippen molar-refractivity contribution in [2.45, 2.75) is 0 Å². The molecular formula is C18H17N3O3. The van der Waals surface area contributed by atoms with E-state index in [4.69, 9.17) is 9.47 Å². The summed E-state index contributed by atoms with van der Waals surface area (Å²) in [4.78, 5) is 8.73. The van der Waals surface area contributed by atoms with Gasteiger partial charge in [-0.2, -0.15) is 0 Å². The second-order valence-electron chi connectivity index (χ2n) is 5.01. The normalized spacial score (nSPS) is 10.2. The third-order valence-corrected chi connectivity index (χ3v) is 3.46. The van der Waals surface area contributed by atoms with Crippen LogP contribution >= 0.6 is 0 Å². The van der Waals surface area contributed by atoms with E-state index in [2.05, 4.69) is 15.3 Å². The molecule has 0 spiro atoms. The fraction of sp³-hybridized carbons (Fsp3) is 0.111. The number of nitrogens with zero attached hydrogens (tertiary/aromatic N) is 2. The Labute approximate surface area is 139 Å². The van der Waals surface area contributed by atoms with Crippen molar-refractivity contribution in [3.63, 3.8) is 0 Å². The molecule has 0 fully saturated rings. The molecule has 2 aromatic carbocycles. The van der Waals surface area contributed by atoms with Gasteiger partial charge in [-0.3, -0.25) is 0 Å². The first-order valence-corrected chi connectivity index (χ1v) is 7.31. The Bertz CT molecular complexity index is 835. The number of methoxy groups -OCH3 is 2. The minimum atomic E-state index is 0.209. The van der Waals surface area contributed by atoms with E-state index in [-0.39, 0.29) is 5.75 Å². The lowest BCUT2D eigenvalue weighted by molar-refractivity contribution is 0.355. The molecule has 3 rings (SSSR count). The molecule has 0 aliphatic rings. The molecule has 0 saturated carbocycles. The Morgan fingerprint density at radius 1 is 0.917 bits per heavy atom. The van der Waals surface area contributed by atoms with Crippen LogP contribution in [0.1, 0.15) is 0 Å². The first kappa shape index (κ1) is 15.6. The summed E-state index contributed by atoms with van der Waals surface area (Å²) in [6.07, 6.45) is 1.68. The number of nitrogens with one attached hydrogen (secondary N) is 1. The Morgan fingerprint density at radius 3 is 2.38 bits per heavy atom. The highest BCUT2D eigenvalue weighted by Crippen LogP contribution is 2.31. The zero-order valence-electron chi connectivity index (χ0n) is 13.4. The molecule has 0 saturated heterocycles. The number of phenolic OH excluding ortho intramolecular Hbond substituents is 1. The molecular weight excluding hydrogens is 306 g/mol. The standard InChI is InChI=1S/C18H17N3O3/c1-23-16-8-3-12(11-17(16)24-2)15-9-10-19-18(21-15)20-13-4-6-14(22)7-5-13/h3-11,22H,1-2H3,(H,19,20,21). The van der Waals surface area contributed by atoms with Crippen LogP contribution in [0.25, 0.3) is 11.3 Å². The van der Waals surface area contributed by atoms with Gasteiger partial charge >= 0.3 is 0 Å². The van der Waals surface area contributed by atoms with Crippen LogP contribution in [0.3, 0.4) is 0 Å². The molecule has 1 heterocycles. The zero-order valence-corrected chi connectivity index (χ0v) is 13.4. The van der Waals surface area contributed by atoms with E-state index in [9.17, 15) is 5.11 Å². The molecule has 0 radical (unpaired) electrons. The topological polar surface area (TPSA) is 76.5 Å².